The molecule has 2 N–H and O–H groups in total. The first-order valence-electron chi connectivity index (χ1n) is 9.47. The van der Waals surface area contributed by atoms with Crippen molar-refractivity contribution in [2.75, 3.05) is 39.8 Å². The van der Waals surface area contributed by atoms with E-state index in [0.29, 0.717) is 19.2 Å². The number of aromatic nitrogens is 1. The quantitative estimate of drug-likeness (QED) is 0.772. The van der Waals surface area contributed by atoms with Crippen LogP contribution < -0.4 is 4.74 Å². The molecule has 5 nitrogen and oxygen atoms in total. The molecule has 1 aliphatic heterocycles. The van der Waals surface area contributed by atoms with Crippen LogP contribution in [-0.4, -0.2) is 71.9 Å². The summed E-state index contributed by atoms with van der Waals surface area (Å²) in [5, 5.41) is 11.4. The summed E-state index contributed by atoms with van der Waals surface area (Å²) in [4.78, 5) is 8.02. The maximum Gasteiger partial charge on any atom is 0.128 e. The van der Waals surface area contributed by atoms with Gasteiger partial charge in [-0.1, -0.05) is 13.0 Å². The largest absolute Gasteiger partial charge is 0.490 e. The molecule has 0 bridgehead atoms. The highest BCUT2D eigenvalue weighted by molar-refractivity contribution is 5.85. The lowest BCUT2D eigenvalue weighted by molar-refractivity contribution is 0.0476. The van der Waals surface area contributed by atoms with Crippen molar-refractivity contribution in [3.05, 3.63) is 30.5 Å². The standard InChI is InChI=1S/C20H31N3O2/c1-3-11-23-12-8-16(9-13-23)22(2)14-17(24)15-25-20-6-4-5-19-18(20)7-10-21-19/h4-7,10,16-17,21,24H,3,8-9,11-15H2,1-2H3. The lowest BCUT2D eigenvalue weighted by Gasteiger charge is -2.37. The van der Waals surface area contributed by atoms with Crippen molar-refractivity contribution in [1.29, 1.82) is 0 Å². The van der Waals surface area contributed by atoms with E-state index in [2.05, 4.69) is 28.8 Å². The zero-order valence-electron chi connectivity index (χ0n) is 15.4. The molecule has 1 unspecified atom stereocenters. The molecule has 2 heterocycles. The Labute approximate surface area is 150 Å². The van der Waals surface area contributed by atoms with E-state index in [1.54, 1.807) is 0 Å². The maximum atomic E-state index is 10.4. The van der Waals surface area contributed by atoms with Gasteiger partial charge in [-0.05, 0) is 64.1 Å². The van der Waals surface area contributed by atoms with Crippen LogP contribution in [-0.2, 0) is 0 Å². The van der Waals surface area contributed by atoms with Gasteiger partial charge in [0.25, 0.3) is 0 Å². The number of piperidine rings is 1. The van der Waals surface area contributed by atoms with E-state index in [1.165, 1.54) is 38.9 Å². The lowest BCUT2D eigenvalue weighted by atomic mass is 10.0. The van der Waals surface area contributed by atoms with E-state index in [9.17, 15) is 5.11 Å². The van der Waals surface area contributed by atoms with E-state index in [1.807, 2.05) is 30.5 Å². The summed E-state index contributed by atoms with van der Waals surface area (Å²) in [7, 11) is 2.12. The van der Waals surface area contributed by atoms with Crippen molar-refractivity contribution in [2.45, 2.75) is 38.3 Å². The molecule has 5 heteroatoms. The molecule has 0 amide bonds. The molecule has 1 fully saturated rings. The Morgan fingerprint density at radius 3 is 2.88 bits per heavy atom. The van der Waals surface area contributed by atoms with Crippen LogP contribution in [0.3, 0.4) is 0 Å². The third-order valence-corrected chi connectivity index (χ3v) is 5.21. The molecule has 1 aromatic heterocycles. The summed E-state index contributed by atoms with van der Waals surface area (Å²) in [6.45, 7) is 6.76. The van der Waals surface area contributed by atoms with Gasteiger partial charge in [-0.2, -0.15) is 0 Å². The van der Waals surface area contributed by atoms with E-state index < -0.39 is 6.10 Å². The number of likely N-dealkylation sites (N-methyl/N-ethyl adjacent to an activating group) is 1. The Morgan fingerprint density at radius 2 is 2.12 bits per heavy atom. The molecule has 0 saturated carbocycles. The van der Waals surface area contributed by atoms with Crippen molar-refractivity contribution in [3.8, 4) is 5.75 Å². The molecule has 0 radical (unpaired) electrons. The van der Waals surface area contributed by atoms with E-state index in [0.717, 1.165) is 16.7 Å². The van der Waals surface area contributed by atoms with Crippen molar-refractivity contribution >= 4 is 10.9 Å². The molecule has 25 heavy (non-hydrogen) atoms. The highest BCUT2D eigenvalue weighted by Gasteiger charge is 2.23. The van der Waals surface area contributed by atoms with Crippen LogP contribution in [0.25, 0.3) is 10.9 Å². The van der Waals surface area contributed by atoms with Crippen LogP contribution in [0.15, 0.2) is 30.5 Å². The van der Waals surface area contributed by atoms with Crippen LogP contribution >= 0.6 is 0 Å². The Morgan fingerprint density at radius 1 is 1.32 bits per heavy atom. The minimum Gasteiger partial charge on any atom is -0.490 e. The molecule has 1 aromatic carbocycles. The predicted octanol–water partition coefficient (Wildman–Crippen LogP) is 2.71. The smallest absolute Gasteiger partial charge is 0.128 e. The van der Waals surface area contributed by atoms with E-state index in [-0.39, 0.29) is 0 Å². The molecule has 1 aliphatic rings. The average molecular weight is 345 g/mol. The number of rotatable bonds is 8. The third-order valence-electron chi connectivity index (χ3n) is 5.21. The minimum atomic E-state index is -0.479. The van der Waals surface area contributed by atoms with Gasteiger partial charge in [-0.3, -0.25) is 0 Å². The van der Waals surface area contributed by atoms with Crippen molar-refractivity contribution in [2.24, 2.45) is 0 Å². The zero-order chi connectivity index (χ0) is 17.6. The number of hydrogen-bond acceptors (Lipinski definition) is 4. The highest BCUT2D eigenvalue weighted by Crippen LogP contribution is 2.24. The van der Waals surface area contributed by atoms with Gasteiger partial charge in [-0.15, -0.1) is 0 Å². The number of nitrogens with one attached hydrogen (secondary N) is 1. The molecular formula is C20H31N3O2. The summed E-state index contributed by atoms with van der Waals surface area (Å²) >= 11 is 0. The summed E-state index contributed by atoms with van der Waals surface area (Å²) in [6, 6.07) is 8.52. The number of benzene rings is 1. The van der Waals surface area contributed by atoms with Gasteiger partial charge in [0.05, 0.1) is 0 Å². The molecular weight excluding hydrogens is 314 g/mol. The topological polar surface area (TPSA) is 51.7 Å². The normalized spacial score (nSPS) is 18.1. The number of aliphatic hydroxyl groups is 1. The number of ether oxygens (including phenoxy) is 1. The van der Waals surface area contributed by atoms with Gasteiger partial charge in [-0.25, -0.2) is 0 Å². The van der Waals surface area contributed by atoms with Gasteiger partial charge in [0, 0.05) is 29.7 Å². The van der Waals surface area contributed by atoms with Crippen LogP contribution in [0.4, 0.5) is 0 Å². The molecule has 1 saturated heterocycles. The second-order valence-electron chi connectivity index (χ2n) is 7.17. The first kappa shape index (κ1) is 18.2. The molecule has 1 atom stereocenters. The van der Waals surface area contributed by atoms with Crippen molar-refractivity contribution in [3.63, 3.8) is 0 Å². The van der Waals surface area contributed by atoms with Gasteiger partial charge in [0.1, 0.15) is 18.5 Å². The third kappa shape index (κ3) is 4.75. The van der Waals surface area contributed by atoms with Gasteiger partial charge < -0.3 is 24.6 Å². The van der Waals surface area contributed by atoms with Gasteiger partial charge in [0.15, 0.2) is 0 Å². The SMILES string of the molecule is CCCN1CCC(N(C)CC(O)COc2cccc3[nH]ccc23)CC1. The summed E-state index contributed by atoms with van der Waals surface area (Å²) in [5.41, 5.74) is 1.06. The summed E-state index contributed by atoms with van der Waals surface area (Å²) in [5.74, 6) is 0.827. The number of aliphatic hydroxyl groups excluding tert-OH is 1. The van der Waals surface area contributed by atoms with Crippen LogP contribution in [0.5, 0.6) is 5.75 Å². The Kier molecular flexibility index (Phi) is 6.34. The number of aromatic amines is 1. The van der Waals surface area contributed by atoms with Gasteiger partial charge in [0.2, 0.25) is 0 Å². The predicted molar refractivity (Wildman–Crippen MR) is 102 cm³/mol. The lowest BCUT2D eigenvalue weighted by Crippen LogP contribution is -2.46. The number of H-pyrrole nitrogens is 1. The number of hydrogen-bond donors (Lipinski definition) is 2. The van der Waals surface area contributed by atoms with Crippen LogP contribution in [0.2, 0.25) is 0 Å². The fourth-order valence-corrected chi connectivity index (χ4v) is 3.80. The minimum absolute atomic E-state index is 0.323. The fraction of sp³-hybridized carbons (Fsp3) is 0.600. The molecule has 3 rings (SSSR count). The van der Waals surface area contributed by atoms with Crippen molar-refractivity contribution in [1.82, 2.24) is 14.8 Å². The monoisotopic (exact) mass is 345 g/mol. The van der Waals surface area contributed by atoms with Crippen molar-refractivity contribution < 1.29 is 9.84 Å². The first-order valence-corrected chi connectivity index (χ1v) is 9.47. The Balaban J connectivity index is 1.44. The molecule has 0 aliphatic carbocycles. The number of nitrogens with zero attached hydrogens (tertiary/aromatic N) is 2. The maximum absolute atomic E-state index is 10.4. The summed E-state index contributed by atoms with van der Waals surface area (Å²) < 4.78 is 5.87. The fourth-order valence-electron chi connectivity index (χ4n) is 3.80. The van der Waals surface area contributed by atoms with E-state index in [4.69, 9.17) is 4.74 Å². The average Bonchev–Trinajstić information content (AvgIpc) is 3.10. The van der Waals surface area contributed by atoms with Crippen LogP contribution in [0, 0.1) is 0 Å². The Hall–Kier alpha value is -1.56. The molecule has 0 spiro atoms. The second kappa shape index (κ2) is 8.70. The summed E-state index contributed by atoms with van der Waals surface area (Å²) in [6.07, 6.45) is 5.03. The number of fused-ring (bicyclic) bond motifs is 1. The second-order valence-corrected chi connectivity index (χ2v) is 7.17. The molecule has 138 valence electrons. The number of likely N-dealkylation sites (tertiary alicyclic amines) is 1. The highest BCUT2D eigenvalue weighted by atomic mass is 16.5. The van der Waals surface area contributed by atoms with E-state index >= 15 is 0 Å². The van der Waals surface area contributed by atoms with Crippen LogP contribution in [0.1, 0.15) is 26.2 Å². The molecule has 2 aromatic rings. The first-order chi connectivity index (χ1) is 12.2. The van der Waals surface area contributed by atoms with Gasteiger partial charge >= 0.3 is 0 Å². The zero-order valence-corrected chi connectivity index (χ0v) is 15.4. The Bertz CT molecular complexity index is 649.